The Balaban J connectivity index is 1.94. The van der Waals surface area contributed by atoms with Crippen LogP contribution < -0.4 is 0 Å². The summed E-state index contributed by atoms with van der Waals surface area (Å²) in [4.78, 5) is 0. The minimum atomic E-state index is 0.165. The van der Waals surface area contributed by atoms with Crippen LogP contribution in [-0.4, -0.2) is 0 Å². The van der Waals surface area contributed by atoms with Crippen LogP contribution in [0.3, 0.4) is 0 Å². The summed E-state index contributed by atoms with van der Waals surface area (Å²) in [6, 6.07) is 18.5. The molecule has 0 heterocycles. The lowest BCUT2D eigenvalue weighted by Crippen LogP contribution is -2.24. The summed E-state index contributed by atoms with van der Waals surface area (Å²) >= 11 is 0. The SMILES string of the molecule is Cc1ccc2c(c1)C1(CC=CCCC1)c1cc(C)c3ccccc3c1-2. The zero-order valence-corrected chi connectivity index (χ0v) is 15.1. The van der Waals surface area contributed by atoms with Crippen LogP contribution >= 0.6 is 0 Å². The highest BCUT2D eigenvalue weighted by Crippen LogP contribution is 2.56. The molecule has 3 aromatic rings. The molecule has 0 radical (unpaired) electrons. The third-order valence-electron chi connectivity index (χ3n) is 6.33. The van der Waals surface area contributed by atoms with E-state index in [1.165, 1.54) is 52.3 Å². The lowest BCUT2D eigenvalue weighted by atomic mass is 9.72. The first-order valence-electron chi connectivity index (χ1n) is 9.50. The molecule has 2 aliphatic rings. The summed E-state index contributed by atoms with van der Waals surface area (Å²) in [5.41, 5.74) is 9.03. The minimum absolute atomic E-state index is 0.165. The Morgan fingerprint density at radius 1 is 0.840 bits per heavy atom. The maximum atomic E-state index is 2.49. The van der Waals surface area contributed by atoms with Crippen molar-refractivity contribution in [2.24, 2.45) is 0 Å². The molecule has 0 fully saturated rings. The standard InChI is InChI=1S/C25H24/c1-17-11-12-21-22(15-17)25(13-7-3-4-8-14-25)23-16-18(2)19-9-5-6-10-20(19)24(21)23/h3,5-7,9-12,15-16H,4,8,13-14H2,1-2H3. The molecule has 3 aromatic carbocycles. The highest BCUT2D eigenvalue weighted by molar-refractivity contribution is 6.04. The molecule has 0 nitrogen and oxygen atoms in total. The van der Waals surface area contributed by atoms with Crippen LogP contribution in [0.15, 0.2) is 60.7 Å². The first-order valence-corrected chi connectivity index (χ1v) is 9.50. The smallest absolute Gasteiger partial charge is 0.0250 e. The average molecular weight is 324 g/mol. The van der Waals surface area contributed by atoms with Gasteiger partial charge in [0.2, 0.25) is 0 Å². The number of allylic oxidation sites excluding steroid dienone is 2. The van der Waals surface area contributed by atoms with E-state index in [2.05, 4.69) is 74.5 Å². The topological polar surface area (TPSA) is 0 Å². The number of hydrogen-bond acceptors (Lipinski definition) is 0. The van der Waals surface area contributed by atoms with Crippen molar-refractivity contribution in [1.29, 1.82) is 0 Å². The maximum Gasteiger partial charge on any atom is 0.0250 e. The van der Waals surface area contributed by atoms with Gasteiger partial charge in [-0.1, -0.05) is 66.2 Å². The Hall–Kier alpha value is -2.34. The molecule has 0 N–H and O–H groups in total. The van der Waals surface area contributed by atoms with Gasteiger partial charge < -0.3 is 0 Å². The van der Waals surface area contributed by atoms with Gasteiger partial charge >= 0.3 is 0 Å². The first-order chi connectivity index (χ1) is 12.2. The van der Waals surface area contributed by atoms with Crippen molar-refractivity contribution < 1.29 is 0 Å². The molecule has 1 atom stereocenters. The zero-order valence-electron chi connectivity index (χ0n) is 15.1. The van der Waals surface area contributed by atoms with Crippen LogP contribution in [0.5, 0.6) is 0 Å². The van der Waals surface area contributed by atoms with E-state index in [1.807, 2.05) is 0 Å². The molecule has 1 spiro atoms. The van der Waals surface area contributed by atoms with E-state index >= 15 is 0 Å². The molecule has 0 aliphatic heterocycles. The molecule has 2 aliphatic carbocycles. The fourth-order valence-corrected chi connectivity index (χ4v) is 5.16. The largest absolute Gasteiger partial charge is 0.0885 e. The van der Waals surface area contributed by atoms with Crippen molar-refractivity contribution in [3.05, 3.63) is 82.9 Å². The zero-order chi connectivity index (χ0) is 17.0. The van der Waals surface area contributed by atoms with Crippen molar-refractivity contribution in [2.75, 3.05) is 0 Å². The Labute approximate surface area is 150 Å². The summed E-state index contributed by atoms with van der Waals surface area (Å²) in [6.07, 6.45) is 9.68. The minimum Gasteiger partial charge on any atom is -0.0885 e. The van der Waals surface area contributed by atoms with E-state index < -0.39 is 0 Å². The van der Waals surface area contributed by atoms with Crippen molar-refractivity contribution in [3.8, 4) is 11.1 Å². The predicted octanol–water partition coefficient (Wildman–Crippen LogP) is 6.85. The van der Waals surface area contributed by atoms with E-state index in [0.717, 1.165) is 6.42 Å². The Bertz CT molecular complexity index is 1020. The van der Waals surface area contributed by atoms with Crippen molar-refractivity contribution in [3.63, 3.8) is 0 Å². The fraction of sp³-hybridized carbons (Fsp3) is 0.280. The van der Waals surface area contributed by atoms with Crippen LogP contribution in [0, 0.1) is 13.8 Å². The number of benzene rings is 3. The van der Waals surface area contributed by atoms with Crippen LogP contribution in [0.2, 0.25) is 0 Å². The second kappa shape index (κ2) is 5.33. The van der Waals surface area contributed by atoms with E-state index in [1.54, 1.807) is 11.1 Å². The van der Waals surface area contributed by atoms with E-state index in [0.29, 0.717) is 0 Å². The van der Waals surface area contributed by atoms with Gasteiger partial charge in [-0.25, -0.2) is 0 Å². The van der Waals surface area contributed by atoms with Crippen molar-refractivity contribution >= 4 is 10.8 Å². The molecule has 0 aromatic heterocycles. The second-order valence-electron chi connectivity index (χ2n) is 7.86. The summed E-state index contributed by atoms with van der Waals surface area (Å²) < 4.78 is 0. The van der Waals surface area contributed by atoms with Crippen LogP contribution in [0.1, 0.15) is 47.9 Å². The highest BCUT2D eigenvalue weighted by Gasteiger charge is 2.43. The van der Waals surface area contributed by atoms with Gasteiger partial charge in [-0.05, 0) is 78.1 Å². The predicted molar refractivity (Wildman–Crippen MR) is 107 cm³/mol. The average Bonchev–Trinajstić information content (AvgIpc) is 2.78. The molecular formula is C25H24. The van der Waals surface area contributed by atoms with Gasteiger partial charge in [0.15, 0.2) is 0 Å². The highest BCUT2D eigenvalue weighted by atomic mass is 14.5. The summed E-state index contributed by atoms with van der Waals surface area (Å²) in [7, 11) is 0. The quantitative estimate of drug-likeness (QED) is 0.396. The molecule has 5 rings (SSSR count). The number of rotatable bonds is 0. The van der Waals surface area contributed by atoms with E-state index in [-0.39, 0.29) is 5.41 Å². The molecule has 0 saturated carbocycles. The first kappa shape index (κ1) is 15.0. The van der Waals surface area contributed by atoms with Crippen LogP contribution in [-0.2, 0) is 5.41 Å². The van der Waals surface area contributed by atoms with Gasteiger partial charge in [-0.3, -0.25) is 0 Å². The molecule has 0 bridgehead atoms. The third-order valence-corrected chi connectivity index (χ3v) is 6.33. The lowest BCUT2D eigenvalue weighted by molar-refractivity contribution is 0.483. The second-order valence-corrected chi connectivity index (χ2v) is 7.86. The number of aryl methyl sites for hydroxylation is 2. The third kappa shape index (κ3) is 2.00. The molecule has 1 unspecified atom stereocenters. The summed E-state index contributed by atoms with van der Waals surface area (Å²) in [6.45, 7) is 4.50. The van der Waals surface area contributed by atoms with E-state index in [4.69, 9.17) is 0 Å². The van der Waals surface area contributed by atoms with Crippen LogP contribution in [0.4, 0.5) is 0 Å². The normalized spacial score (nSPS) is 21.4. The lowest BCUT2D eigenvalue weighted by Gasteiger charge is -2.31. The van der Waals surface area contributed by atoms with Gasteiger partial charge in [-0.15, -0.1) is 0 Å². The van der Waals surface area contributed by atoms with Gasteiger partial charge in [0.05, 0.1) is 0 Å². The van der Waals surface area contributed by atoms with Gasteiger partial charge in [-0.2, -0.15) is 0 Å². The fourth-order valence-electron chi connectivity index (χ4n) is 5.16. The number of fused-ring (bicyclic) bond motifs is 7. The number of hydrogen-bond donors (Lipinski definition) is 0. The molecular weight excluding hydrogens is 300 g/mol. The van der Waals surface area contributed by atoms with E-state index in [9.17, 15) is 0 Å². The molecule has 0 saturated heterocycles. The molecule has 25 heavy (non-hydrogen) atoms. The molecule has 0 heteroatoms. The molecule has 124 valence electrons. The monoisotopic (exact) mass is 324 g/mol. The Morgan fingerprint density at radius 3 is 2.56 bits per heavy atom. The van der Waals surface area contributed by atoms with Gasteiger partial charge in [0, 0.05) is 5.41 Å². The summed E-state index contributed by atoms with van der Waals surface area (Å²) in [5, 5.41) is 2.82. The Kier molecular flexibility index (Phi) is 3.19. The van der Waals surface area contributed by atoms with Crippen molar-refractivity contribution in [2.45, 2.75) is 44.9 Å². The van der Waals surface area contributed by atoms with Gasteiger partial charge in [0.1, 0.15) is 0 Å². The van der Waals surface area contributed by atoms with Crippen molar-refractivity contribution in [1.82, 2.24) is 0 Å². The molecule has 0 amide bonds. The summed E-state index contributed by atoms with van der Waals surface area (Å²) in [5.74, 6) is 0. The van der Waals surface area contributed by atoms with Gasteiger partial charge in [0.25, 0.3) is 0 Å². The van der Waals surface area contributed by atoms with Crippen LogP contribution in [0.25, 0.3) is 21.9 Å². The Morgan fingerprint density at radius 2 is 1.68 bits per heavy atom. The maximum absolute atomic E-state index is 2.49.